The van der Waals surface area contributed by atoms with Crippen molar-refractivity contribution >= 4 is 33.3 Å². The SMILES string of the molecule is Cc1c(C(=O)NC(CO)C(=O)O)sc2cccc(F)c12. The number of benzene rings is 1. The van der Waals surface area contributed by atoms with E-state index in [0.717, 1.165) is 11.3 Å². The Morgan fingerprint density at radius 1 is 1.45 bits per heavy atom. The van der Waals surface area contributed by atoms with Gasteiger partial charge in [0.2, 0.25) is 0 Å². The van der Waals surface area contributed by atoms with Crippen molar-refractivity contribution in [3.05, 3.63) is 34.5 Å². The topological polar surface area (TPSA) is 86.6 Å². The normalized spacial score (nSPS) is 12.3. The second-order valence-electron chi connectivity index (χ2n) is 4.22. The molecule has 0 aliphatic rings. The Hall–Kier alpha value is -1.99. The van der Waals surface area contributed by atoms with Gasteiger partial charge in [-0.25, -0.2) is 9.18 Å². The van der Waals surface area contributed by atoms with Crippen LogP contribution in [0.15, 0.2) is 18.2 Å². The van der Waals surface area contributed by atoms with E-state index < -0.39 is 30.3 Å². The fourth-order valence-corrected chi connectivity index (χ4v) is 3.01. The Morgan fingerprint density at radius 2 is 2.15 bits per heavy atom. The second-order valence-corrected chi connectivity index (χ2v) is 5.27. The van der Waals surface area contributed by atoms with Crippen LogP contribution in [0.5, 0.6) is 0 Å². The molecule has 20 heavy (non-hydrogen) atoms. The number of fused-ring (bicyclic) bond motifs is 1. The van der Waals surface area contributed by atoms with Crippen LogP contribution in [0.25, 0.3) is 10.1 Å². The van der Waals surface area contributed by atoms with Crippen LogP contribution in [-0.2, 0) is 4.79 Å². The number of carboxylic acid groups (broad SMARTS) is 1. The third-order valence-corrected chi connectivity index (χ3v) is 4.15. The van der Waals surface area contributed by atoms with Gasteiger partial charge in [-0.05, 0) is 24.6 Å². The number of amides is 1. The van der Waals surface area contributed by atoms with E-state index in [4.69, 9.17) is 10.2 Å². The van der Waals surface area contributed by atoms with Crippen molar-refractivity contribution in [2.24, 2.45) is 0 Å². The minimum absolute atomic E-state index is 0.241. The van der Waals surface area contributed by atoms with Gasteiger partial charge in [0.05, 0.1) is 11.5 Å². The Balaban J connectivity index is 2.38. The number of nitrogens with one attached hydrogen (secondary N) is 1. The van der Waals surface area contributed by atoms with Crippen LogP contribution in [0.4, 0.5) is 4.39 Å². The highest BCUT2D eigenvalue weighted by Gasteiger charge is 2.23. The number of aryl methyl sites for hydroxylation is 1. The average Bonchev–Trinajstić information content (AvgIpc) is 2.74. The summed E-state index contributed by atoms with van der Waals surface area (Å²) in [6.45, 7) is 0.894. The summed E-state index contributed by atoms with van der Waals surface area (Å²) >= 11 is 1.08. The number of hydrogen-bond donors (Lipinski definition) is 3. The minimum atomic E-state index is -1.38. The number of aliphatic carboxylic acids is 1. The second kappa shape index (κ2) is 5.56. The Kier molecular flexibility index (Phi) is 4.01. The maximum Gasteiger partial charge on any atom is 0.328 e. The molecule has 0 bridgehead atoms. The third kappa shape index (κ3) is 2.50. The zero-order valence-electron chi connectivity index (χ0n) is 10.5. The van der Waals surface area contributed by atoms with Crippen LogP contribution >= 0.6 is 11.3 Å². The highest BCUT2D eigenvalue weighted by molar-refractivity contribution is 7.21. The number of carboxylic acids is 1. The summed E-state index contributed by atoms with van der Waals surface area (Å²) in [5, 5.41) is 20.2. The number of aliphatic hydroxyl groups is 1. The van der Waals surface area contributed by atoms with Gasteiger partial charge >= 0.3 is 5.97 Å². The van der Waals surface area contributed by atoms with Crippen LogP contribution < -0.4 is 5.32 Å². The van der Waals surface area contributed by atoms with Crippen LogP contribution in [-0.4, -0.2) is 34.7 Å². The number of thiophene rings is 1. The zero-order chi connectivity index (χ0) is 14.9. The summed E-state index contributed by atoms with van der Waals surface area (Å²) in [4.78, 5) is 23.0. The van der Waals surface area contributed by atoms with Crippen molar-refractivity contribution in [2.45, 2.75) is 13.0 Å². The molecule has 1 amide bonds. The molecule has 1 aromatic carbocycles. The monoisotopic (exact) mass is 297 g/mol. The fourth-order valence-electron chi connectivity index (χ4n) is 1.88. The van der Waals surface area contributed by atoms with E-state index in [1.807, 2.05) is 0 Å². The summed E-state index contributed by atoms with van der Waals surface area (Å²) in [7, 11) is 0. The van der Waals surface area contributed by atoms with Gasteiger partial charge in [-0.1, -0.05) is 6.07 Å². The van der Waals surface area contributed by atoms with Gasteiger partial charge in [-0.15, -0.1) is 11.3 Å². The van der Waals surface area contributed by atoms with Gasteiger partial charge in [0.1, 0.15) is 5.82 Å². The summed E-state index contributed by atoms with van der Waals surface area (Å²) in [5.41, 5.74) is 0.461. The lowest BCUT2D eigenvalue weighted by molar-refractivity contribution is -0.140. The molecule has 0 aliphatic carbocycles. The summed E-state index contributed by atoms with van der Waals surface area (Å²) in [6.07, 6.45) is 0. The van der Waals surface area contributed by atoms with E-state index in [1.54, 1.807) is 19.1 Å². The Labute approximate surface area is 117 Å². The number of hydrogen-bond acceptors (Lipinski definition) is 4. The molecule has 1 unspecified atom stereocenters. The van der Waals surface area contributed by atoms with E-state index in [-0.39, 0.29) is 4.88 Å². The Bertz CT molecular complexity index is 682. The largest absolute Gasteiger partial charge is 0.480 e. The molecule has 1 atom stereocenters. The number of rotatable bonds is 4. The highest BCUT2D eigenvalue weighted by atomic mass is 32.1. The van der Waals surface area contributed by atoms with Crippen molar-refractivity contribution in [3.8, 4) is 0 Å². The van der Waals surface area contributed by atoms with Crippen molar-refractivity contribution in [1.82, 2.24) is 5.32 Å². The first-order valence-corrected chi connectivity index (χ1v) is 6.59. The van der Waals surface area contributed by atoms with E-state index >= 15 is 0 Å². The third-order valence-electron chi connectivity index (χ3n) is 2.90. The quantitative estimate of drug-likeness (QED) is 0.798. The standard InChI is InChI=1S/C13H12FNO4S/c1-6-10-7(14)3-2-4-9(10)20-11(6)12(17)15-8(5-16)13(18)19/h2-4,8,16H,5H2,1H3,(H,15,17)(H,18,19). The molecule has 0 saturated heterocycles. The number of carbonyl (C=O) groups is 2. The first-order valence-electron chi connectivity index (χ1n) is 5.77. The molecular formula is C13H12FNO4S. The molecule has 5 nitrogen and oxygen atoms in total. The fraction of sp³-hybridized carbons (Fsp3) is 0.231. The molecule has 7 heteroatoms. The van der Waals surface area contributed by atoms with Crippen molar-refractivity contribution in [1.29, 1.82) is 0 Å². The molecule has 0 radical (unpaired) electrons. The van der Waals surface area contributed by atoms with Gasteiger partial charge in [-0.2, -0.15) is 0 Å². The molecule has 1 aromatic heterocycles. The summed E-state index contributed by atoms with van der Waals surface area (Å²) in [6, 6.07) is 3.16. The average molecular weight is 297 g/mol. The lowest BCUT2D eigenvalue weighted by atomic mass is 10.1. The maximum atomic E-state index is 13.7. The van der Waals surface area contributed by atoms with E-state index in [0.29, 0.717) is 15.6 Å². The molecule has 0 spiro atoms. The molecule has 2 rings (SSSR count). The number of aliphatic hydroxyl groups excluding tert-OH is 1. The van der Waals surface area contributed by atoms with Gasteiger partial charge in [0.15, 0.2) is 6.04 Å². The molecule has 0 fully saturated rings. The summed E-state index contributed by atoms with van der Waals surface area (Å²) in [5.74, 6) is -2.39. The first kappa shape index (κ1) is 14.4. The molecule has 106 valence electrons. The van der Waals surface area contributed by atoms with Crippen LogP contribution in [0.3, 0.4) is 0 Å². The summed E-state index contributed by atoms with van der Waals surface area (Å²) < 4.78 is 14.3. The van der Waals surface area contributed by atoms with Crippen LogP contribution in [0, 0.1) is 12.7 Å². The molecule has 2 aromatic rings. The highest BCUT2D eigenvalue weighted by Crippen LogP contribution is 2.32. The molecule has 3 N–H and O–H groups in total. The van der Waals surface area contributed by atoms with Crippen molar-refractivity contribution < 1.29 is 24.2 Å². The van der Waals surface area contributed by atoms with Crippen LogP contribution in [0.1, 0.15) is 15.2 Å². The van der Waals surface area contributed by atoms with Gasteiger partial charge < -0.3 is 15.5 Å². The molecule has 0 aliphatic heterocycles. The van der Waals surface area contributed by atoms with Gasteiger partial charge in [0.25, 0.3) is 5.91 Å². The van der Waals surface area contributed by atoms with E-state index in [2.05, 4.69) is 5.32 Å². The van der Waals surface area contributed by atoms with Crippen molar-refractivity contribution in [3.63, 3.8) is 0 Å². The predicted octanol–water partition coefficient (Wildman–Crippen LogP) is 1.52. The lowest BCUT2D eigenvalue weighted by Crippen LogP contribution is -2.43. The predicted molar refractivity (Wildman–Crippen MR) is 72.5 cm³/mol. The van der Waals surface area contributed by atoms with E-state index in [1.165, 1.54) is 6.07 Å². The number of halogens is 1. The smallest absolute Gasteiger partial charge is 0.328 e. The molecule has 0 saturated carbocycles. The number of carbonyl (C=O) groups excluding carboxylic acids is 1. The first-order chi connectivity index (χ1) is 9.45. The molecular weight excluding hydrogens is 285 g/mol. The van der Waals surface area contributed by atoms with Crippen LogP contribution in [0.2, 0.25) is 0 Å². The van der Waals surface area contributed by atoms with Crippen molar-refractivity contribution in [2.75, 3.05) is 6.61 Å². The Morgan fingerprint density at radius 3 is 2.70 bits per heavy atom. The van der Waals surface area contributed by atoms with E-state index in [9.17, 15) is 14.0 Å². The lowest BCUT2D eigenvalue weighted by Gasteiger charge is -2.10. The maximum absolute atomic E-state index is 13.7. The van der Waals surface area contributed by atoms with Gasteiger partial charge in [0, 0.05) is 10.1 Å². The van der Waals surface area contributed by atoms with Gasteiger partial charge in [-0.3, -0.25) is 4.79 Å². The molecule has 1 heterocycles. The zero-order valence-corrected chi connectivity index (χ0v) is 11.3. The minimum Gasteiger partial charge on any atom is -0.480 e.